The molecule has 0 aliphatic rings. The van der Waals surface area contributed by atoms with Gasteiger partial charge >= 0.3 is 0 Å². The zero-order valence-corrected chi connectivity index (χ0v) is 14.9. The Hall–Kier alpha value is -4.98. The molecule has 0 bridgehead atoms. The number of hydrogen-bond acceptors (Lipinski definition) is 7. The quantitative estimate of drug-likeness (QED) is 0.667. The van der Waals surface area contributed by atoms with E-state index in [1.54, 1.807) is 30.3 Å². The van der Waals surface area contributed by atoms with Crippen molar-refractivity contribution in [2.24, 2.45) is 0 Å². The topological polar surface area (TPSA) is 140 Å². The number of benzene rings is 3. The summed E-state index contributed by atoms with van der Waals surface area (Å²) in [7, 11) is 0. The van der Waals surface area contributed by atoms with Crippen molar-refractivity contribution in [1.29, 1.82) is 21.0 Å². The van der Waals surface area contributed by atoms with Crippen LogP contribution in [-0.4, -0.2) is 0 Å². The molecule has 29 heavy (non-hydrogen) atoms. The number of ether oxygens (including phenoxy) is 2. The molecule has 0 unspecified atom stereocenters. The van der Waals surface area contributed by atoms with Crippen molar-refractivity contribution in [3.05, 3.63) is 76.9 Å². The van der Waals surface area contributed by atoms with Gasteiger partial charge in [-0.05, 0) is 48.5 Å². The van der Waals surface area contributed by atoms with E-state index < -0.39 is 0 Å². The van der Waals surface area contributed by atoms with E-state index >= 15 is 0 Å². The zero-order chi connectivity index (χ0) is 20.8. The van der Waals surface area contributed by atoms with Crippen LogP contribution in [0.3, 0.4) is 0 Å². The maximum absolute atomic E-state index is 9.14. The molecule has 7 nitrogen and oxygen atoms in total. The molecule has 0 saturated carbocycles. The largest absolute Gasteiger partial charge is 0.457 e. The third kappa shape index (κ3) is 4.07. The van der Waals surface area contributed by atoms with Gasteiger partial charge in [0, 0.05) is 6.07 Å². The maximum atomic E-state index is 9.14. The van der Waals surface area contributed by atoms with Gasteiger partial charge in [-0.25, -0.2) is 0 Å². The SMILES string of the molecule is N#Cc1ccc(Oc2ccc(N)c(Oc3ccc(C#N)c(C#N)c3)c2)cc1C#N. The molecule has 0 fully saturated rings. The second-order valence-electron chi connectivity index (χ2n) is 5.77. The average molecular weight is 377 g/mol. The number of nitriles is 4. The van der Waals surface area contributed by atoms with Crippen LogP contribution in [0.1, 0.15) is 22.3 Å². The second kappa shape index (κ2) is 8.14. The van der Waals surface area contributed by atoms with Gasteiger partial charge in [-0.2, -0.15) is 21.0 Å². The molecule has 3 aromatic carbocycles. The fourth-order valence-corrected chi connectivity index (χ4v) is 2.48. The molecule has 0 atom stereocenters. The van der Waals surface area contributed by atoms with E-state index in [9.17, 15) is 0 Å². The average Bonchev–Trinajstić information content (AvgIpc) is 2.75. The third-order valence-electron chi connectivity index (χ3n) is 3.91. The number of nitrogens with zero attached hydrogens (tertiary/aromatic N) is 4. The van der Waals surface area contributed by atoms with Crippen molar-refractivity contribution in [2.45, 2.75) is 0 Å². The number of hydrogen-bond donors (Lipinski definition) is 1. The van der Waals surface area contributed by atoms with Crippen LogP contribution in [0.2, 0.25) is 0 Å². The van der Waals surface area contributed by atoms with Crippen LogP contribution in [0.5, 0.6) is 23.0 Å². The van der Waals surface area contributed by atoms with Crippen LogP contribution in [0.4, 0.5) is 5.69 Å². The highest BCUT2D eigenvalue weighted by Gasteiger charge is 2.10. The van der Waals surface area contributed by atoms with Crippen LogP contribution in [0, 0.1) is 45.3 Å². The molecule has 3 aromatic rings. The Morgan fingerprint density at radius 2 is 1.00 bits per heavy atom. The molecule has 7 heteroatoms. The second-order valence-corrected chi connectivity index (χ2v) is 5.77. The van der Waals surface area contributed by atoms with E-state index in [1.165, 1.54) is 24.3 Å². The minimum atomic E-state index is 0.192. The molecule has 0 aliphatic carbocycles. The normalized spacial score (nSPS) is 9.38. The van der Waals surface area contributed by atoms with E-state index in [1.807, 2.05) is 24.3 Å². The monoisotopic (exact) mass is 377 g/mol. The Morgan fingerprint density at radius 1 is 0.552 bits per heavy atom. The maximum Gasteiger partial charge on any atom is 0.154 e. The summed E-state index contributed by atoms with van der Waals surface area (Å²) in [6, 6.07) is 21.6. The smallest absolute Gasteiger partial charge is 0.154 e. The number of rotatable bonds is 4. The first-order chi connectivity index (χ1) is 14.1. The van der Waals surface area contributed by atoms with Gasteiger partial charge in [-0.1, -0.05) is 0 Å². The van der Waals surface area contributed by atoms with Crippen molar-refractivity contribution < 1.29 is 9.47 Å². The lowest BCUT2D eigenvalue weighted by molar-refractivity contribution is 0.461. The van der Waals surface area contributed by atoms with E-state index in [4.69, 9.17) is 36.3 Å². The Balaban J connectivity index is 1.88. The van der Waals surface area contributed by atoms with Gasteiger partial charge in [0.15, 0.2) is 5.75 Å². The molecule has 0 saturated heterocycles. The lowest BCUT2D eigenvalue weighted by Crippen LogP contribution is -1.95. The zero-order valence-electron chi connectivity index (χ0n) is 14.9. The first-order valence-corrected chi connectivity index (χ1v) is 8.21. The lowest BCUT2D eigenvalue weighted by atomic mass is 10.1. The third-order valence-corrected chi connectivity index (χ3v) is 3.91. The Morgan fingerprint density at radius 3 is 1.52 bits per heavy atom. The molecule has 136 valence electrons. The van der Waals surface area contributed by atoms with E-state index in [-0.39, 0.29) is 22.3 Å². The molecule has 0 amide bonds. The van der Waals surface area contributed by atoms with Gasteiger partial charge in [0.2, 0.25) is 0 Å². The van der Waals surface area contributed by atoms with Crippen LogP contribution in [-0.2, 0) is 0 Å². The van der Waals surface area contributed by atoms with Crippen molar-refractivity contribution in [3.63, 3.8) is 0 Å². The van der Waals surface area contributed by atoms with E-state index in [0.29, 0.717) is 28.7 Å². The first kappa shape index (κ1) is 18.8. The highest BCUT2D eigenvalue weighted by molar-refractivity contribution is 5.59. The van der Waals surface area contributed by atoms with Gasteiger partial charge in [0.25, 0.3) is 0 Å². The fraction of sp³-hybridized carbons (Fsp3) is 0. The lowest BCUT2D eigenvalue weighted by Gasteiger charge is -2.12. The van der Waals surface area contributed by atoms with Gasteiger partial charge in [-0.3, -0.25) is 0 Å². The number of anilines is 1. The fourth-order valence-electron chi connectivity index (χ4n) is 2.48. The summed E-state index contributed by atoms with van der Waals surface area (Å²) >= 11 is 0. The van der Waals surface area contributed by atoms with Crippen molar-refractivity contribution in [2.75, 3.05) is 5.73 Å². The molecule has 0 aromatic heterocycles. The summed E-state index contributed by atoms with van der Waals surface area (Å²) in [6.45, 7) is 0. The van der Waals surface area contributed by atoms with Crippen molar-refractivity contribution in [3.8, 4) is 47.3 Å². The molecule has 2 N–H and O–H groups in total. The summed E-state index contributed by atoms with van der Waals surface area (Å²) in [5.41, 5.74) is 7.22. The highest BCUT2D eigenvalue weighted by atomic mass is 16.5. The predicted octanol–water partition coefficient (Wildman–Crippen LogP) is 4.34. The van der Waals surface area contributed by atoms with Crippen LogP contribution in [0.15, 0.2) is 54.6 Å². The van der Waals surface area contributed by atoms with Crippen LogP contribution in [0.25, 0.3) is 0 Å². The summed E-state index contributed by atoms with van der Waals surface area (Å²) in [5.74, 6) is 1.41. The number of nitrogens with two attached hydrogens (primary N) is 1. The molecular formula is C22H11N5O2. The summed E-state index contributed by atoms with van der Waals surface area (Å²) < 4.78 is 11.5. The van der Waals surface area contributed by atoms with Crippen LogP contribution < -0.4 is 15.2 Å². The molecular weight excluding hydrogens is 366 g/mol. The van der Waals surface area contributed by atoms with Gasteiger partial charge in [0.1, 0.15) is 41.5 Å². The first-order valence-electron chi connectivity index (χ1n) is 8.21. The molecule has 0 spiro atoms. The molecule has 0 heterocycles. The standard InChI is InChI=1S/C22H11N5O2/c23-10-14-1-3-18(7-16(14)12-25)28-20-5-6-21(27)22(9-20)29-19-4-2-15(11-24)17(8-19)13-26/h1-9H,27H2. The summed E-state index contributed by atoms with van der Waals surface area (Å²) in [6.07, 6.45) is 0. The molecule has 0 aliphatic heterocycles. The van der Waals surface area contributed by atoms with Gasteiger partial charge < -0.3 is 15.2 Å². The van der Waals surface area contributed by atoms with Crippen molar-refractivity contribution >= 4 is 5.69 Å². The predicted molar refractivity (Wildman–Crippen MR) is 103 cm³/mol. The Bertz CT molecular complexity index is 1270. The van der Waals surface area contributed by atoms with E-state index in [2.05, 4.69) is 0 Å². The van der Waals surface area contributed by atoms with Crippen LogP contribution >= 0.6 is 0 Å². The number of nitrogen functional groups attached to an aromatic ring is 1. The summed E-state index contributed by atoms with van der Waals surface area (Å²) in [4.78, 5) is 0. The highest BCUT2D eigenvalue weighted by Crippen LogP contribution is 2.34. The molecule has 3 rings (SSSR count). The van der Waals surface area contributed by atoms with Gasteiger partial charge in [0.05, 0.1) is 27.9 Å². The molecule has 0 radical (unpaired) electrons. The van der Waals surface area contributed by atoms with E-state index in [0.717, 1.165) is 0 Å². The summed E-state index contributed by atoms with van der Waals surface area (Å²) in [5, 5.41) is 36.3. The minimum Gasteiger partial charge on any atom is -0.457 e. The van der Waals surface area contributed by atoms with Crippen molar-refractivity contribution in [1.82, 2.24) is 0 Å². The Labute approximate surface area is 166 Å². The Kier molecular flexibility index (Phi) is 5.28. The van der Waals surface area contributed by atoms with Gasteiger partial charge in [-0.15, -0.1) is 0 Å². The minimum absolute atomic E-state index is 0.192.